The van der Waals surface area contributed by atoms with Crippen LogP contribution in [0.25, 0.3) is 0 Å². The summed E-state index contributed by atoms with van der Waals surface area (Å²) in [5, 5.41) is 9.54. The summed E-state index contributed by atoms with van der Waals surface area (Å²) in [6.45, 7) is 4.17. The molecule has 0 saturated carbocycles. The molecule has 18 heavy (non-hydrogen) atoms. The van der Waals surface area contributed by atoms with Crippen molar-refractivity contribution in [3.05, 3.63) is 23.8 Å². The molecule has 102 valence electrons. The SMILES string of the molecule is CC(C)CNS(=O)(=O)NCc1cc(N)ccc1O. The van der Waals surface area contributed by atoms with Gasteiger partial charge in [0.2, 0.25) is 0 Å². The van der Waals surface area contributed by atoms with Crippen molar-refractivity contribution in [2.24, 2.45) is 5.92 Å². The molecule has 0 unspecified atom stereocenters. The monoisotopic (exact) mass is 273 g/mol. The second-order valence-electron chi connectivity index (χ2n) is 4.46. The number of phenols is 1. The van der Waals surface area contributed by atoms with Crippen molar-refractivity contribution in [2.75, 3.05) is 12.3 Å². The van der Waals surface area contributed by atoms with Crippen LogP contribution in [-0.2, 0) is 16.8 Å². The van der Waals surface area contributed by atoms with Gasteiger partial charge in [0.1, 0.15) is 5.75 Å². The fourth-order valence-electron chi connectivity index (χ4n) is 1.25. The lowest BCUT2D eigenvalue weighted by molar-refractivity contribution is 0.467. The van der Waals surface area contributed by atoms with E-state index in [1.165, 1.54) is 12.1 Å². The van der Waals surface area contributed by atoms with Crippen LogP contribution in [0.3, 0.4) is 0 Å². The zero-order valence-corrected chi connectivity index (χ0v) is 11.3. The van der Waals surface area contributed by atoms with Crippen molar-refractivity contribution in [3.63, 3.8) is 0 Å². The summed E-state index contributed by atoms with van der Waals surface area (Å²) in [5.41, 5.74) is 6.47. The highest BCUT2D eigenvalue weighted by Gasteiger charge is 2.11. The van der Waals surface area contributed by atoms with E-state index in [0.717, 1.165) is 0 Å². The fraction of sp³-hybridized carbons (Fsp3) is 0.455. The summed E-state index contributed by atoms with van der Waals surface area (Å²) in [7, 11) is -3.56. The second kappa shape index (κ2) is 6.03. The van der Waals surface area contributed by atoms with E-state index < -0.39 is 10.2 Å². The normalized spacial score (nSPS) is 11.9. The smallest absolute Gasteiger partial charge is 0.277 e. The molecule has 0 aromatic heterocycles. The Kier molecular flexibility index (Phi) is 4.94. The molecule has 0 bridgehead atoms. The van der Waals surface area contributed by atoms with Crippen molar-refractivity contribution >= 4 is 15.9 Å². The van der Waals surface area contributed by atoms with E-state index in [1.54, 1.807) is 6.07 Å². The molecule has 0 heterocycles. The van der Waals surface area contributed by atoms with Gasteiger partial charge in [-0.2, -0.15) is 13.1 Å². The standard InChI is InChI=1S/C11H19N3O3S/c1-8(2)6-13-18(16,17)14-7-9-5-10(12)3-4-11(9)15/h3-5,8,13-15H,6-7,12H2,1-2H3. The van der Waals surface area contributed by atoms with Crippen LogP contribution < -0.4 is 15.2 Å². The molecule has 0 amide bonds. The van der Waals surface area contributed by atoms with Crippen LogP contribution in [0.2, 0.25) is 0 Å². The average molecular weight is 273 g/mol. The highest BCUT2D eigenvalue weighted by molar-refractivity contribution is 7.87. The number of nitrogens with one attached hydrogen (secondary N) is 2. The molecule has 0 aliphatic carbocycles. The first-order chi connectivity index (χ1) is 8.30. The van der Waals surface area contributed by atoms with Crippen molar-refractivity contribution < 1.29 is 13.5 Å². The van der Waals surface area contributed by atoms with E-state index >= 15 is 0 Å². The molecule has 0 atom stereocenters. The molecule has 0 saturated heterocycles. The average Bonchev–Trinajstić information content (AvgIpc) is 2.28. The van der Waals surface area contributed by atoms with E-state index in [4.69, 9.17) is 5.73 Å². The van der Waals surface area contributed by atoms with Crippen LogP contribution in [0, 0.1) is 5.92 Å². The first kappa shape index (κ1) is 14.7. The van der Waals surface area contributed by atoms with Crippen LogP contribution in [-0.4, -0.2) is 20.1 Å². The van der Waals surface area contributed by atoms with Gasteiger partial charge in [-0.05, 0) is 24.1 Å². The van der Waals surface area contributed by atoms with Gasteiger partial charge in [0.05, 0.1) is 0 Å². The van der Waals surface area contributed by atoms with Crippen LogP contribution in [0.4, 0.5) is 5.69 Å². The van der Waals surface area contributed by atoms with Crippen LogP contribution in [0.15, 0.2) is 18.2 Å². The Morgan fingerprint density at radius 3 is 2.61 bits per heavy atom. The summed E-state index contributed by atoms with van der Waals surface area (Å²) in [5.74, 6) is 0.234. The largest absolute Gasteiger partial charge is 0.508 e. The summed E-state index contributed by atoms with van der Waals surface area (Å²) in [6.07, 6.45) is 0. The van der Waals surface area contributed by atoms with Crippen molar-refractivity contribution in [2.45, 2.75) is 20.4 Å². The fourth-order valence-corrected chi connectivity index (χ4v) is 2.25. The van der Waals surface area contributed by atoms with Gasteiger partial charge in [-0.1, -0.05) is 13.8 Å². The van der Waals surface area contributed by atoms with Crippen LogP contribution in [0.5, 0.6) is 5.75 Å². The summed E-state index contributed by atoms with van der Waals surface area (Å²) in [4.78, 5) is 0. The number of nitrogen functional groups attached to an aromatic ring is 1. The van der Waals surface area contributed by atoms with Gasteiger partial charge in [0.25, 0.3) is 10.2 Å². The van der Waals surface area contributed by atoms with E-state index in [2.05, 4.69) is 9.44 Å². The van der Waals surface area contributed by atoms with Crippen LogP contribution >= 0.6 is 0 Å². The third-order valence-corrected chi connectivity index (χ3v) is 3.31. The first-order valence-corrected chi connectivity index (χ1v) is 7.10. The zero-order valence-electron chi connectivity index (χ0n) is 10.5. The van der Waals surface area contributed by atoms with Gasteiger partial charge in [0, 0.05) is 24.3 Å². The van der Waals surface area contributed by atoms with Gasteiger partial charge in [0.15, 0.2) is 0 Å². The molecule has 0 fully saturated rings. The Morgan fingerprint density at radius 2 is 2.00 bits per heavy atom. The molecule has 0 radical (unpaired) electrons. The summed E-state index contributed by atoms with van der Waals surface area (Å²) in [6, 6.07) is 4.51. The molecule has 1 rings (SSSR count). The summed E-state index contributed by atoms with van der Waals surface area (Å²) < 4.78 is 27.9. The number of phenolic OH excluding ortho intramolecular Hbond substituents is 1. The van der Waals surface area contributed by atoms with Crippen molar-refractivity contribution in [1.29, 1.82) is 0 Å². The van der Waals surface area contributed by atoms with Gasteiger partial charge < -0.3 is 10.8 Å². The Hall–Kier alpha value is -1.31. The van der Waals surface area contributed by atoms with E-state index in [-0.39, 0.29) is 18.2 Å². The topological polar surface area (TPSA) is 104 Å². The van der Waals surface area contributed by atoms with Gasteiger partial charge in [-0.25, -0.2) is 4.72 Å². The molecule has 0 aliphatic heterocycles. The van der Waals surface area contributed by atoms with Crippen molar-refractivity contribution in [3.8, 4) is 5.75 Å². The quantitative estimate of drug-likeness (QED) is 0.449. The van der Waals surface area contributed by atoms with E-state index in [9.17, 15) is 13.5 Å². The minimum atomic E-state index is -3.56. The molecule has 5 N–H and O–H groups in total. The number of hydrogen-bond acceptors (Lipinski definition) is 4. The minimum Gasteiger partial charge on any atom is -0.508 e. The number of aromatic hydroxyl groups is 1. The lowest BCUT2D eigenvalue weighted by Crippen LogP contribution is -2.38. The number of benzene rings is 1. The molecule has 1 aromatic carbocycles. The lowest BCUT2D eigenvalue weighted by Gasteiger charge is -2.11. The van der Waals surface area contributed by atoms with Crippen molar-refractivity contribution in [1.82, 2.24) is 9.44 Å². The Labute approximate surface area is 107 Å². The number of hydrogen-bond donors (Lipinski definition) is 4. The number of nitrogens with two attached hydrogens (primary N) is 1. The minimum absolute atomic E-state index is 0.00962. The zero-order chi connectivity index (χ0) is 13.8. The number of anilines is 1. The van der Waals surface area contributed by atoms with Crippen LogP contribution in [0.1, 0.15) is 19.4 Å². The summed E-state index contributed by atoms with van der Waals surface area (Å²) >= 11 is 0. The van der Waals surface area contributed by atoms with E-state index in [1.807, 2.05) is 13.8 Å². The Morgan fingerprint density at radius 1 is 1.33 bits per heavy atom. The molecule has 1 aromatic rings. The predicted molar refractivity (Wildman–Crippen MR) is 71.1 cm³/mol. The lowest BCUT2D eigenvalue weighted by atomic mass is 10.2. The van der Waals surface area contributed by atoms with Gasteiger partial charge >= 0.3 is 0 Å². The van der Waals surface area contributed by atoms with E-state index in [0.29, 0.717) is 17.8 Å². The number of rotatable bonds is 6. The molecule has 0 spiro atoms. The second-order valence-corrected chi connectivity index (χ2v) is 6.04. The molecular weight excluding hydrogens is 254 g/mol. The maximum atomic E-state index is 11.6. The third kappa shape index (κ3) is 4.91. The molecule has 7 heteroatoms. The Bertz CT molecular complexity index is 500. The predicted octanol–water partition coefficient (Wildman–Crippen LogP) is 0.554. The maximum Gasteiger partial charge on any atom is 0.277 e. The van der Waals surface area contributed by atoms with Gasteiger partial charge in [-0.15, -0.1) is 0 Å². The molecule has 6 nitrogen and oxygen atoms in total. The molecular formula is C11H19N3O3S. The maximum absolute atomic E-state index is 11.6. The third-order valence-electron chi connectivity index (χ3n) is 2.24. The van der Waals surface area contributed by atoms with Gasteiger partial charge in [-0.3, -0.25) is 0 Å². The highest BCUT2D eigenvalue weighted by atomic mass is 32.2. The Balaban J connectivity index is 2.61. The molecule has 0 aliphatic rings. The highest BCUT2D eigenvalue weighted by Crippen LogP contribution is 2.19. The first-order valence-electron chi connectivity index (χ1n) is 5.62.